The first kappa shape index (κ1) is 21.0. The van der Waals surface area contributed by atoms with Crippen molar-refractivity contribution in [2.75, 3.05) is 18.8 Å². The van der Waals surface area contributed by atoms with Crippen LogP contribution in [0.2, 0.25) is 0 Å². The molecule has 0 aliphatic carbocycles. The predicted octanol–water partition coefficient (Wildman–Crippen LogP) is -1.33. The quantitative estimate of drug-likeness (QED) is 0.205. The summed E-state index contributed by atoms with van der Waals surface area (Å²) in [5.74, 6) is -3.61. The summed E-state index contributed by atoms with van der Waals surface area (Å²) in [6, 6.07) is -2.54. The molecule has 0 unspecified atom stereocenters. The maximum absolute atomic E-state index is 12.0. The van der Waals surface area contributed by atoms with Crippen LogP contribution < -0.4 is 10.6 Å². The number of unbranched alkanes of at least 4 members (excludes halogenated alkanes) is 1. The minimum atomic E-state index is -4.54. The Morgan fingerprint density at radius 3 is 2.44 bits per heavy atom. The van der Waals surface area contributed by atoms with E-state index >= 15 is 0 Å². The minimum Gasteiger partial charge on any atom is -0.481 e. The molecule has 2 amide bonds. The lowest BCUT2D eigenvalue weighted by Crippen LogP contribution is -2.53. The molecule has 25 heavy (non-hydrogen) atoms. The molecule has 1 aliphatic rings. The van der Waals surface area contributed by atoms with E-state index in [1.54, 1.807) is 0 Å². The number of amides is 2. The van der Waals surface area contributed by atoms with Gasteiger partial charge in [0.05, 0.1) is 0 Å². The van der Waals surface area contributed by atoms with Gasteiger partial charge in [0, 0.05) is 35.5 Å². The Hall–Kier alpha value is -2.08. The largest absolute Gasteiger partial charge is 0.481 e. The van der Waals surface area contributed by atoms with Crippen LogP contribution in [0.1, 0.15) is 32.1 Å². The van der Waals surface area contributed by atoms with Gasteiger partial charge < -0.3 is 15.7 Å². The summed E-state index contributed by atoms with van der Waals surface area (Å²) >= 11 is 0. The molecule has 1 aliphatic heterocycles. The van der Waals surface area contributed by atoms with E-state index in [9.17, 15) is 27.7 Å². The van der Waals surface area contributed by atoms with Gasteiger partial charge in [-0.05, 0) is 12.8 Å². The first-order chi connectivity index (χ1) is 11.6. The molecule has 0 aromatic rings. The maximum Gasteiger partial charge on any atom is 0.303 e. The summed E-state index contributed by atoms with van der Waals surface area (Å²) in [7, 11) is -4.54. The summed E-state index contributed by atoms with van der Waals surface area (Å²) in [5, 5.41) is 13.1. The van der Waals surface area contributed by atoms with Crippen molar-refractivity contribution in [3.05, 3.63) is 4.91 Å². The van der Waals surface area contributed by atoms with Crippen LogP contribution in [0.4, 0.5) is 0 Å². The van der Waals surface area contributed by atoms with Gasteiger partial charge in [-0.3, -0.25) is 18.9 Å². The first-order valence-electron chi connectivity index (χ1n) is 7.79. The Balaban J connectivity index is 2.59. The first-order valence-corrected chi connectivity index (χ1v) is 9.40. The van der Waals surface area contributed by atoms with E-state index in [1.165, 1.54) is 0 Å². The van der Waals surface area contributed by atoms with Gasteiger partial charge >= 0.3 is 5.97 Å². The van der Waals surface area contributed by atoms with E-state index in [0.29, 0.717) is 30.4 Å². The Morgan fingerprint density at radius 2 is 1.92 bits per heavy atom. The number of carboxylic acid groups (broad SMARTS) is 1. The number of nitroso groups, excluding NO2 is 1. The van der Waals surface area contributed by atoms with Gasteiger partial charge in [-0.2, -0.15) is 8.42 Å². The summed E-state index contributed by atoms with van der Waals surface area (Å²) in [6.07, 6.45) is 1.41. The number of aliphatic carboxylic acids is 1. The van der Waals surface area contributed by atoms with Crippen molar-refractivity contribution < 1.29 is 37.2 Å². The zero-order chi connectivity index (χ0) is 19.0. The molecule has 1 fully saturated rings. The number of hydrogen-bond acceptors (Lipinski definition) is 6. The monoisotopic (exact) mass is 380 g/mol. The molecule has 1 saturated heterocycles. The van der Waals surface area contributed by atoms with Gasteiger partial charge in [-0.25, -0.2) is 0 Å². The number of carbonyl (C=O) groups excluding carboxylic acids is 2. The highest BCUT2D eigenvalue weighted by Gasteiger charge is 2.40. The van der Waals surface area contributed by atoms with Crippen LogP contribution in [0.15, 0.2) is 0 Å². The molecular weight excluding hydrogens is 358 g/mol. The molecule has 142 valence electrons. The molecule has 0 radical (unpaired) electrons. The molecule has 12 heteroatoms. The van der Waals surface area contributed by atoms with Gasteiger partial charge in [0.25, 0.3) is 22.1 Å². The number of carbonyl (C=O) groups is 3. The third kappa shape index (κ3) is 8.03. The minimum absolute atomic E-state index is 0.0674. The lowest BCUT2D eigenvalue weighted by Gasteiger charge is -2.17. The van der Waals surface area contributed by atoms with E-state index in [-0.39, 0.29) is 19.5 Å². The zero-order valence-electron chi connectivity index (χ0n) is 13.5. The Morgan fingerprint density at radius 1 is 1.24 bits per heavy atom. The topological polar surface area (TPSA) is 170 Å². The van der Waals surface area contributed by atoms with Crippen molar-refractivity contribution in [3.63, 3.8) is 0 Å². The second kappa shape index (κ2) is 9.42. The fourth-order valence-corrected chi connectivity index (χ4v) is 3.06. The third-order valence-electron chi connectivity index (χ3n) is 3.63. The van der Waals surface area contributed by atoms with Crippen LogP contribution in [-0.4, -0.2) is 71.5 Å². The summed E-state index contributed by atoms with van der Waals surface area (Å²) < 4.78 is 31.6. The van der Waals surface area contributed by atoms with Crippen molar-refractivity contribution in [2.45, 2.75) is 44.2 Å². The Kier molecular flexibility index (Phi) is 7.90. The number of carboxylic acids is 1. The number of rotatable bonds is 10. The van der Waals surface area contributed by atoms with E-state index in [4.69, 9.17) is 9.66 Å². The van der Waals surface area contributed by atoms with Gasteiger partial charge in [0.1, 0.15) is 11.8 Å². The molecule has 1 rings (SSSR count). The molecule has 11 nitrogen and oxygen atoms in total. The number of hydrogen-bond donors (Lipinski definition) is 4. The third-order valence-corrected chi connectivity index (χ3v) is 4.39. The van der Waals surface area contributed by atoms with E-state index in [2.05, 4.69) is 10.6 Å². The SMILES string of the molecule is O=C(O)CCCCNC(=O)[C@H](CS(=O)(=O)O)NC(=O)[C@H]1CCC[N+]1=O. The van der Waals surface area contributed by atoms with E-state index in [1.807, 2.05) is 0 Å². The summed E-state index contributed by atoms with van der Waals surface area (Å²) in [6.45, 7) is 0.262. The second-order valence-electron chi connectivity index (χ2n) is 5.75. The molecule has 0 aromatic heterocycles. The molecule has 0 aromatic carbocycles. The highest BCUT2D eigenvalue weighted by atomic mass is 32.2. The zero-order valence-corrected chi connectivity index (χ0v) is 14.3. The highest BCUT2D eigenvalue weighted by molar-refractivity contribution is 7.85. The second-order valence-corrected chi connectivity index (χ2v) is 7.25. The van der Waals surface area contributed by atoms with Crippen LogP contribution >= 0.6 is 0 Å². The molecule has 0 spiro atoms. The van der Waals surface area contributed by atoms with Crippen molar-refractivity contribution in [2.24, 2.45) is 0 Å². The van der Waals surface area contributed by atoms with E-state index < -0.39 is 45.7 Å². The van der Waals surface area contributed by atoms with Crippen molar-refractivity contribution in [1.82, 2.24) is 10.6 Å². The van der Waals surface area contributed by atoms with Crippen molar-refractivity contribution in [3.8, 4) is 0 Å². The van der Waals surface area contributed by atoms with Gasteiger partial charge in [-0.15, -0.1) is 0 Å². The standard InChI is InChI=1S/C13H21N3O8S/c17-11(18)5-1-2-6-14-12(19)9(8-25(22,23)24)15-13(20)10-4-3-7-16(10)21/h9-10H,1-8H2,(H3-,14,15,17,18,19,20,22,23,24)/p+1/t9-,10+/m0/s1. The molecule has 2 atom stereocenters. The van der Waals surface area contributed by atoms with Crippen LogP contribution in [0.5, 0.6) is 0 Å². The van der Waals surface area contributed by atoms with Gasteiger partial charge in [0.2, 0.25) is 5.91 Å². The fourth-order valence-electron chi connectivity index (χ4n) is 2.40. The average Bonchev–Trinajstić information content (AvgIpc) is 2.90. The molecular formula is C13H22N3O8S+. The Bertz CT molecular complexity index is 633. The molecule has 0 saturated carbocycles. The summed E-state index contributed by atoms with van der Waals surface area (Å²) in [4.78, 5) is 45.9. The Labute approximate surface area is 144 Å². The summed E-state index contributed by atoms with van der Waals surface area (Å²) in [5.41, 5.74) is 0. The van der Waals surface area contributed by atoms with E-state index in [0.717, 1.165) is 0 Å². The fraction of sp³-hybridized carbons (Fsp3) is 0.769. The maximum atomic E-state index is 12.0. The number of nitrogens with one attached hydrogen (secondary N) is 2. The van der Waals surface area contributed by atoms with Gasteiger partial charge in [-0.1, -0.05) is 0 Å². The number of nitrogens with zero attached hydrogens (tertiary/aromatic N) is 1. The highest BCUT2D eigenvalue weighted by Crippen LogP contribution is 2.11. The smallest absolute Gasteiger partial charge is 0.303 e. The molecule has 0 bridgehead atoms. The lowest BCUT2D eigenvalue weighted by molar-refractivity contribution is -0.551. The van der Waals surface area contributed by atoms with Crippen LogP contribution in [-0.2, 0) is 24.5 Å². The molecule has 4 N–H and O–H groups in total. The van der Waals surface area contributed by atoms with Crippen LogP contribution in [0.3, 0.4) is 0 Å². The normalized spacial score (nSPS) is 18.6. The van der Waals surface area contributed by atoms with Gasteiger partial charge in [0.15, 0.2) is 6.54 Å². The van der Waals surface area contributed by atoms with Crippen molar-refractivity contribution >= 4 is 27.9 Å². The van der Waals surface area contributed by atoms with Crippen molar-refractivity contribution in [1.29, 1.82) is 0 Å². The predicted molar refractivity (Wildman–Crippen MR) is 84.4 cm³/mol. The van der Waals surface area contributed by atoms with Crippen LogP contribution in [0, 0.1) is 4.91 Å². The molecule has 1 heterocycles. The lowest BCUT2D eigenvalue weighted by atomic mass is 10.2. The van der Waals surface area contributed by atoms with Crippen LogP contribution in [0.25, 0.3) is 0 Å². The average molecular weight is 380 g/mol.